The number of carbonyl (C=O) groups is 1. The Bertz CT molecular complexity index is 365. The van der Waals surface area contributed by atoms with Crippen molar-refractivity contribution >= 4 is 17.7 Å². The minimum atomic E-state index is -0.222. The van der Waals surface area contributed by atoms with E-state index < -0.39 is 0 Å². The maximum atomic E-state index is 11.1. The lowest BCUT2D eigenvalue weighted by Crippen LogP contribution is -2.26. The van der Waals surface area contributed by atoms with Crippen molar-refractivity contribution < 1.29 is 14.3 Å². The van der Waals surface area contributed by atoms with E-state index in [1.54, 1.807) is 11.8 Å². The largest absolute Gasteiger partial charge is 0.488 e. The van der Waals surface area contributed by atoms with Crippen molar-refractivity contribution in [3.8, 4) is 5.75 Å². The van der Waals surface area contributed by atoms with E-state index in [1.807, 2.05) is 24.3 Å². The van der Waals surface area contributed by atoms with Crippen molar-refractivity contribution in [1.82, 2.24) is 0 Å². The number of fused-ring (bicyclic) bond motifs is 1. The van der Waals surface area contributed by atoms with E-state index in [0.29, 0.717) is 6.42 Å². The fourth-order valence-corrected chi connectivity index (χ4v) is 2.42. The van der Waals surface area contributed by atoms with Gasteiger partial charge in [-0.1, -0.05) is 12.1 Å². The number of esters is 1. The molecule has 0 spiro atoms. The predicted octanol–water partition coefficient (Wildman–Crippen LogP) is 2.10. The van der Waals surface area contributed by atoms with Gasteiger partial charge in [0.15, 0.2) is 0 Å². The zero-order chi connectivity index (χ0) is 10.7. The Morgan fingerprint density at radius 3 is 3.20 bits per heavy atom. The van der Waals surface area contributed by atoms with Gasteiger partial charge in [0.2, 0.25) is 0 Å². The number of hydrogen-bond acceptors (Lipinski definition) is 4. The van der Waals surface area contributed by atoms with E-state index >= 15 is 0 Å². The lowest BCUT2D eigenvalue weighted by atomic mass is 10.2. The molecule has 1 atom stereocenters. The standard InChI is InChI=1S/C11H12O3S/c1-13-11(12)6-8-7-15-10-5-3-2-4-9(10)14-8/h2-5,8H,6-7H2,1H3/t8-/m0/s1. The highest BCUT2D eigenvalue weighted by atomic mass is 32.2. The van der Waals surface area contributed by atoms with Gasteiger partial charge in [-0.25, -0.2) is 0 Å². The molecule has 0 radical (unpaired) electrons. The second-order valence-corrected chi connectivity index (χ2v) is 4.34. The molecule has 0 bridgehead atoms. The number of rotatable bonds is 2. The lowest BCUT2D eigenvalue weighted by molar-refractivity contribution is -0.142. The molecule has 1 aromatic carbocycles. The molecule has 0 fully saturated rings. The zero-order valence-electron chi connectivity index (χ0n) is 8.43. The molecule has 2 rings (SSSR count). The van der Waals surface area contributed by atoms with Crippen LogP contribution >= 0.6 is 11.8 Å². The Hall–Kier alpha value is -1.16. The first-order chi connectivity index (χ1) is 7.29. The van der Waals surface area contributed by atoms with Crippen LogP contribution in [0.1, 0.15) is 6.42 Å². The maximum absolute atomic E-state index is 11.1. The third kappa shape index (κ3) is 2.45. The van der Waals surface area contributed by atoms with E-state index in [9.17, 15) is 4.79 Å². The lowest BCUT2D eigenvalue weighted by Gasteiger charge is -2.24. The van der Waals surface area contributed by atoms with Crippen molar-refractivity contribution in [2.24, 2.45) is 0 Å². The highest BCUT2D eigenvalue weighted by Gasteiger charge is 2.22. The number of para-hydroxylation sites is 1. The number of hydrogen-bond donors (Lipinski definition) is 0. The summed E-state index contributed by atoms with van der Waals surface area (Å²) in [7, 11) is 1.40. The maximum Gasteiger partial charge on any atom is 0.309 e. The average molecular weight is 224 g/mol. The van der Waals surface area contributed by atoms with Gasteiger partial charge >= 0.3 is 5.97 Å². The van der Waals surface area contributed by atoms with Gasteiger partial charge in [0.25, 0.3) is 0 Å². The third-order valence-corrected chi connectivity index (χ3v) is 3.38. The van der Waals surface area contributed by atoms with E-state index in [-0.39, 0.29) is 12.1 Å². The molecule has 0 unspecified atom stereocenters. The van der Waals surface area contributed by atoms with E-state index in [0.717, 1.165) is 16.4 Å². The average Bonchev–Trinajstić information content (AvgIpc) is 2.29. The van der Waals surface area contributed by atoms with Crippen molar-refractivity contribution in [3.05, 3.63) is 24.3 Å². The Morgan fingerprint density at radius 1 is 1.60 bits per heavy atom. The molecule has 1 heterocycles. The third-order valence-electron chi connectivity index (χ3n) is 2.19. The minimum Gasteiger partial charge on any atom is -0.488 e. The summed E-state index contributed by atoms with van der Waals surface area (Å²) in [5, 5.41) is 0. The second-order valence-electron chi connectivity index (χ2n) is 3.28. The Morgan fingerprint density at radius 2 is 2.40 bits per heavy atom. The molecule has 1 aliphatic rings. The zero-order valence-corrected chi connectivity index (χ0v) is 9.25. The van der Waals surface area contributed by atoms with E-state index in [4.69, 9.17) is 4.74 Å². The second kappa shape index (κ2) is 4.57. The molecule has 0 N–H and O–H groups in total. The summed E-state index contributed by atoms with van der Waals surface area (Å²) in [4.78, 5) is 12.2. The van der Waals surface area contributed by atoms with Crippen LogP contribution in [0.25, 0.3) is 0 Å². The molecule has 80 valence electrons. The first kappa shape index (κ1) is 10.4. The molecule has 0 saturated carbocycles. The van der Waals surface area contributed by atoms with Gasteiger partial charge in [0, 0.05) is 10.6 Å². The first-order valence-corrected chi connectivity index (χ1v) is 5.73. The molecule has 15 heavy (non-hydrogen) atoms. The van der Waals surface area contributed by atoms with Crippen LogP contribution in [-0.2, 0) is 9.53 Å². The summed E-state index contributed by atoms with van der Waals surface area (Å²) < 4.78 is 10.3. The van der Waals surface area contributed by atoms with Gasteiger partial charge in [-0.2, -0.15) is 0 Å². The van der Waals surface area contributed by atoms with Gasteiger partial charge in [0.1, 0.15) is 11.9 Å². The van der Waals surface area contributed by atoms with Gasteiger partial charge in [-0.05, 0) is 12.1 Å². The highest BCUT2D eigenvalue weighted by Crippen LogP contribution is 2.35. The quantitative estimate of drug-likeness (QED) is 0.721. The van der Waals surface area contributed by atoms with E-state index in [1.165, 1.54) is 7.11 Å². The molecule has 0 aromatic heterocycles. The highest BCUT2D eigenvalue weighted by molar-refractivity contribution is 7.99. The summed E-state index contributed by atoms with van der Waals surface area (Å²) in [5.74, 6) is 1.44. The Labute approximate surface area is 92.8 Å². The number of methoxy groups -OCH3 is 1. The van der Waals surface area contributed by atoms with Gasteiger partial charge in [0.05, 0.1) is 13.5 Å². The molecule has 3 nitrogen and oxygen atoms in total. The molecule has 0 amide bonds. The van der Waals surface area contributed by atoms with Gasteiger partial charge in [-0.3, -0.25) is 4.79 Å². The predicted molar refractivity (Wildman–Crippen MR) is 58.2 cm³/mol. The normalized spacial score (nSPS) is 18.9. The van der Waals surface area contributed by atoms with Crippen LogP contribution in [0.2, 0.25) is 0 Å². The van der Waals surface area contributed by atoms with Crippen molar-refractivity contribution in [3.63, 3.8) is 0 Å². The Kier molecular flexibility index (Phi) is 3.16. The fraction of sp³-hybridized carbons (Fsp3) is 0.364. The van der Waals surface area contributed by atoms with Gasteiger partial charge < -0.3 is 9.47 Å². The molecular weight excluding hydrogens is 212 g/mol. The smallest absolute Gasteiger partial charge is 0.309 e. The SMILES string of the molecule is COC(=O)C[C@H]1CSc2ccccc2O1. The minimum absolute atomic E-state index is 0.0719. The molecule has 0 saturated heterocycles. The van der Waals surface area contributed by atoms with Crippen LogP contribution in [-0.4, -0.2) is 24.9 Å². The first-order valence-electron chi connectivity index (χ1n) is 4.75. The number of ether oxygens (including phenoxy) is 2. The number of benzene rings is 1. The fourth-order valence-electron chi connectivity index (χ4n) is 1.43. The number of thioether (sulfide) groups is 1. The van der Waals surface area contributed by atoms with Crippen molar-refractivity contribution in [2.45, 2.75) is 17.4 Å². The molecule has 4 heteroatoms. The topological polar surface area (TPSA) is 35.5 Å². The van der Waals surface area contributed by atoms with Crippen LogP contribution in [0.4, 0.5) is 0 Å². The summed E-state index contributed by atoms with van der Waals surface area (Å²) in [6, 6.07) is 7.86. The molecular formula is C11H12O3S. The summed E-state index contributed by atoms with van der Waals surface area (Å²) in [6.45, 7) is 0. The molecule has 1 aromatic rings. The van der Waals surface area contributed by atoms with Gasteiger partial charge in [-0.15, -0.1) is 11.8 Å². The van der Waals surface area contributed by atoms with Crippen LogP contribution in [0.15, 0.2) is 29.2 Å². The Balaban J connectivity index is 2.02. The van der Waals surface area contributed by atoms with Crippen LogP contribution < -0.4 is 4.74 Å². The summed E-state index contributed by atoms with van der Waals surface area (Å²) >= 11 is 1.72. The summed E-state index contributed by atoms with van der Waals surface area (Å²) in [6.07, 6.45) is 0.245. The molecule has 0 aliphatic carbocycles. The van der Waals surface area contributed by atoms with E-state index in [2.05, 4.69) is 4.74 Å². The van der Waals surface area contributed by atoms with Crippen LogP contribution in [0.5, 0.6) is 5.75 Å². The van der Waals surface area contributed by atoms with Crippen molar-refractivity contribution in [1.29, 1.82) is 0 Å². The monoisotopic (exact) mass is 224 g/mol. The number of carbonyl (C=O) groups excluding carboxylic acids is 1. The van der Waals surface area contributed by atoms with Crippen LogP contribution in [0, 0.1) is 0 Å². The van der Waals surface area contributed by atoms with Crippen LogP contribution in [0.3, 0.4) is 0 Å². The summed E-state index contributed by atoms with van der Waals surface area (Å²) in [5.41, 5.74) is 0. The molecule has 1 aliphatic heterocycles. The van der Waals surface area contributed by atoms with Crippen molar-refractivity contribution in [2.75, 3.05) is 12.9 Å².